The molecule has 0 aromatic rings. The van der Waals surface area contributed by atoms with E-state index in [-0.39, 0.29) is 0 Å². The van der Waals surface area contributed by atoms with Gasteiger partial charge in [-0.25, -0.2) is 11.1 Å². The second-order valence-corrected chi connectivity index (χ2v) is 1.53. The van der Waals surface area contributed by atoms with Gasteiger partial charge in [-0.05, 0) is 11.9 Å². The number of nitrogens with one attached hydrogen (secondary N) is 1. The van der Waals surface area contributed by atoms with E-state index in [9.17, 15) is 0 Å². The largest absolute Gasteiger partial charge is 0.387 e. The fourth-order valence-electron chi connectivity index (χ4n) is 0.0645. The van der Waals surface area contributed by atoms with Gasteiger partial charge in [-0.15, -0.1) is 0 Å². The first kappa shape index (κ1) is 6.41. The molecule has 0 heterocycles. The van der Waals surface area contributed by atoms with E-state index in [1.807, 2.05) is 0 Å². The van der Waals surface area contributed by atoms with Crippen LogP contribution in [0.4, 0.5) is 0 Å². The number of hydrogen-bond acceptors (Lipinski definition) is 2. The van der Waals surface area contributed by atoms with Gasteiger partial charge in [-0.2, -0.15) is 0 Å². The first-order valence-corrected chi connectivity index (χ1v) is 2.02. The van der Waals surface area contributed by atoms with E-state index in [1.165, 1.54) is 0 Å². The van der Waals surface area contributed by atoms with Gasteiger partial charge in [-0.3, -0.25) is 0 Å². The van der Waals surface area contributed by atoms with Crippen molar-refractivity contribution < 1.29 is 0 Å². The molecule has 0 fully saturated rings. The van der Waals surface area contributed by atoms with E-state index >= 15 is 0 Å². The smallest absolute Gasteiger partial charge is 0.241 e. The van der Waals surface area contributed by atoms with Crippen LogP contribution in [0, 0.1) is 6.57 Å². The molecule has 3 nitrogen and oxygen atoms in total. The van der Waals surface area contributed by atoms with E-state index in [2.05, 4.69) is 10.2 Å². The van der Waals surface area contributed by atoms with Gasteiger partial charge in [0.1, 0.15) is 0 Å². The zero-order chi connectivity index (χ0) is 5.91. The zero-order valence-corrected chi connectivity index (χ0v) is 4.60. The first-order chi connectivity index (χ1) is 3.12. The molecule has 0 aliphatic rings. The van der Waals surface area contributed by atoms with Crippen LogP contribution in [-0.4, -0.2) is 12.8 Å². The van der Waals surface area contributed by atoms with Gasteiger partial charge in [0.25, 0.3) is 6.57 Å². The first-order valence-electron chi connectivity index (χ1n) is 2.02. The van der Waals surface area contributed by atoms with Crippen molar-refractivity contribution in [1.82, 2.24) is 5.32 Å². The van der Waals surface area contributed by atoms with Crippen LogP contribution in [0.5, 0.6) is 0 Å². The molecule has 7 heavy (non-hydrogen) atoms. The predicted molar refractivity (Wildman–Crippen MR) is 30.0 cm³/mol. The van der Waals surface area contributed by atoms with Crippen molar-refractivity contribution in [3.05, 3.63) is 4.85 Å². The Kier molecular flexibility index (Phi) is 1.75. The van der Waals surface area contributed by atoms with Crippen molar-refractivity contribution in [2.75, 3.05) is 7.05 Å². The second kappa shape index (κ2) is 1.92. The summed E-state index contributed by atoms with van der Waals surface area (Å²) in [5, 5.41) is 2.68. The molecular weight excluding hydrogens is 90.1 g/mol. The Morgan fingerprint density at radius 1 is 1.86 bits per heavy atom. The van der Waals surface area contributed by atoms with Crippen LogP contribution in [0.25, 0.3) is 4.85 Å². The Balaban J connectivity index is 3.66. The van der Waals surface area contributed by atoms with Gasteiger partial charge in [0.05, 0.1) is 0 Å². The van der Waals surface area contributed by atoms with Crippen LogP contribution < -0.4 is 11.1 Å². The second-order valence-electron chi connectivity index (χ2n) is 1.53. The molecule has 1 atom stereocenters. The third kappa shape index (κ3) is 2.15. The lowest BCUT2D eigenvalue weighted by atomic mass is 10.4. The van der Waals surface area contributed by atoms with Crippen LogP contribution in [0.2, 0.25) is 0 Å². The summed E-state index contributed by atoms with van der Waals surface area (Å²) in [4.78, 5) is 3.31. The normalized spacial score (nSPS) is 17.4. The maximum atomic E-state index is 5.31. The number of nitrogens with zero attached hydrogens (tertiary/aromatic N) is 1. The molecule has 0 aliphatic heterocycles. The Labute approximate surface area is 43.3 Å². The summed E-state index contributed by atoms with van der Waals surface area (Å²) in [6.07, 6.45) is 0. The van der Waals surface area contributed by atoms with Crippen LogP contribution in [-0.2, 0) is 0 Å². The van der Waals surface area contributed by atoms with E-state index in [0.717, 1.165) is 0 Å². The molecule has 40 valence electrons. The Morgan fingerprint density at radius 2 is 2.29 bits per heavy atom. The summed E-state index contributed by atoms with van der Waals surface area (Å²) < 4.78 is 0. The van der Waals surface area contributed by atoms with E-state index < -0.39 is 5.79 Å². The summed E-state index contributed by atoms with van der Waals surface area (Å²) in [5.74, 6) is -0.764. The fraction of sp³-hybridized carbons (Fsp3) is 0.750. The van der Waals surface area contributed by atoms with Gasteiger partial charge in [0.15, 0.2) is 0 Å². The molecular formula is C4H10N3+. The maximum Gasteiger partial charge on any atom is 0.387 e. The predicted octanol–water partition coefficient (Wildman–Crippen LogP) is -0.199. The lowest BCUT2D eigenvalue weighted by molar-refractivity contribution is 0.497. The van der Waals surface area contributed by atoms with Crippen molar-refractivity contribution in [2.24, 2.45) is 5.73 Å². The summed E-state index contributed by atoms with van der Waals surface area (Å²) in [6.45, 7) is 6.53. The summed E-state index contributed by atoms with van der Waals surface area (Å²) >= 11 is 0. The molecule has 0 aliphatic carbocycles. The van der Waals surface area contributed by atoms with Crippen molar-refractivity contribution >= 4 is 0 Å². The molecule has 0 amide bonds. The molecule has 0 saturated heterocycles. The monoisotopic (exact) mass is 100 g/mol. The van der Waals surface area contributed by atoms with E-state index in [1.54, 1.807) is 14.0 Å². The maximum absolute atomic E-state index is 5.31. The van der Waals surface area contributed by atoms with Gasteiger partial charge in [0.2, 0.25) is 0 Å². The lowest BCUT2D eigenvalue weighted by Crippen LogP contribution is -2.45. The van der Waals surface area contributed by atoms with Crippen molar-refractivity contribution in [3.8, 4) is 6.57 Å². The molecule has 0 aromatic carbocycles. The average Bonchev–Trinajstić information content (AvgIpc) is 1.68. The highest BCUT2D eigenvalue weighted by Crippen LogP contribution is 1.89. The van der Waals surface area contributed by atoms with E-state index in [4.69, 9.17) is 12.3 Å². The Bertz CT molecular complexity index is 89.6. The number of hydrogen-bond donors (Lipinski definition) is 2. The number of rotatable bonds is 1. The number of nitrogens with two attached hydrogens (primary N) is 1. The van der Waals surface area contributed by atoms with Crippen LogP contribution in [0.15, 0.2) is 0 Å². The van der Waals surface area contributed by atoms with Crippen LogP contribution in [0.3, 0.4) is 0 Å². The summed E-state index contributed by atoms with van der Waals surface area (Å²) in [5.41, 5.74) is 5.31. The van der Waals surface area contributed by atoms with Crippen LogP contribution >= 0.6 is 0 Å². The van der Waals surface area contributed by atoms with Gasteiger partial charge < -0.3 is 0 Å². The topological polar surface area (TPSA) is 42.4 Å². The standard InChI is InChI=1S/C4H10N3/c1-4(5,6-2)7-3/h2,7H,5H2,1,3H3/q+1/t4-/m1/s1. The zero-order valence-electron chi connectivity index (χ0n) is 4.60. The molecule has 0 aromatic heterocycles. The van der Waals surface area contributed by atoms with Gasteiger partial charge in [-0.1, -0.05) is 0 Å². The molecule has 3 N–H and O–H groups in total. The molecule has 0 saturated carbocycles. The van der Waals surface area contributed by atoms with Crippen molar-refractivity contribution in [1.29, 1.82) is 0 Å². The Hall–Kier alpha value is -0.590. The average molecular weight is 100 g/mol. The minimum Gasteiger partial charge on any atom is -0.241 e. The summed E-state index contributed by atoms with van der Waals surface area (Å²) in [6, 6.07) is 0. The lowest BCUT2D eigenvalue weighted by Gasteiger charge is -2.00. The minimum atomic E-state index is -0.764. The van der Waals surface area contributed by atoms with E-state index in [0.29, 0.717) is 0 Å². The van der Waals surface area contributed by atoms with Gasteiger partial charge >= 0.3 is 5.79 Å². The summed E-state index contributed by atoms with van der Waals surface area (Å²) in [7, 11) is 1.69. The molecule has 3 heteroatoms. The highest BCUT2D eigenvalue weighted by atomic mass is 15.2. The molecule has 0 rings (SSSR count). The molecule has 0 bridgehead atoms. The molecule has 0 radical (unpaired) electrons. The molecule has 0 spiro atoms. The SMILES string of the molecule is C#[N+][C@@](C)(N)NC. The van der Waals surface area contributed by atoms with Crippen molar-refractivity contribution in [3.63, 3.8) is 0 Å². The van der Waals surface area contributed by atoms with Gasteiger partial charge in [0, 0.05) is 6.92 Å². The highest BCUT2D eigenvalue weighted by molar-refractivity contribution is 4.86. The van der Waals surface area contributed by atoms with Crippen molar-refractivity contribution in [2.45, 2.75) is 12.7 Å². The quantitative estimate of drug-likeness (QED) is 0.448. The highest BCUT2D eigenvalue weighted by Gasteiger charge is 2.23. The minimum absolute atomic E-state index is 0.764. The molecule has 0 unspecified atom stereocenters. The third-order valence-corrected chi connectivity index (χ3v) is 0.774. The fourth-order valence-corrected chi connectivity index (χ4v) is 0.0645. The van der Waals surface area contributed by atoms with Crippen LogP contribution in [0.1, 0.15) is 6.92 Å². The Morgan fingerprint density at radius 3 is 2.29 bits per heavy atom. The third-order valence-electron chi connectivity index (χ3n) is 0.774.